The number of nitrogens with zero attached hydrogens (tertiary/aromatic N) is 2. The third-order valence-electron chi connectivity index (χ3n) is 6.08. The van der Waals surface area contributed by atoms with Crippen molar-refractivity contribution in [1.82, 2.24) is 15.3 Å². The van der Waals surface area contributed by atoms with Gasteiger partial charge in [0, 0.05) is 25.8 Å². The second-order valence-corrected chi connectivity index (χ2v) is 8.86. The topological polar surface area (TPSA) is 78.9 Å². The fourth-order valence-corrected chi connectivity index (χ4v) is 4.07. The molecule has 6 nitrogen and oxygen atoms in total. The van der Waals surface area contributed by atoms with Crippen molar-refractivity contribution in [3.63, 3.8) is 0 Å². The molecule has 1 amide bonds. The van der Waals surface area contributed by atoms with Gasteiger partial charge in [-0.05, 0) is 30.5 Å². The van der Waals surface area contributed by atoms with Crippen LogP contribution in [-0.4, -0.2) is 29.0 Å². The van der Waals surface area contributed by atoms with Crippen molar-refractivity contribution in [1.29, 1.82) is 0 Å². The van der Waals surface area contributed by atoms with Gasteiger partial charge in [-0.2, -0.15) is 4.98 Å². The molecule has 33 heavy (non-hydrogen) atoms. The van der Waals surface area contributed by atoms with Crippen LogP contribution in [0.15, 0.2) is 30.5 Å². The molecular weight excluding hydrogens is 417 g/mol. The molecule has 2 aromatic rings. The maximum absolute atomic E-state index is 13.1. The van der Waals surface area contributed by atoms with Crippen LogP contribution in [0.25, 0.3) is 0 Å². The summed E-state index contributed by atoms with van der Waals surface area (Å²) in [5, 5.41) is 9.54. The first-order valence-corrected chi connectivity index (χ1v) is 12.6. The summed E-state index contributed by atoms with van der Waals surface area (Å²) >= 11 is 0. The molecule has 2 bridgehead atoms. The van der Waals surface area contributed by atoms with Crippen molar-refractivity contribution in [2.24, 2.45) is 0 Å². The van der Waals surface area contributed by atoms with Crippen molar-refractivity contribution in [3.05, 3.63) is 47.4 Å². The number of fused-ring (bicyclic) bond motifs is 2. The molecule has 0 spiro atoms. The maximum Gasteiger partial charge on any atom is 0.256 e. The van der Waals surface area contributed by atoms with Gasteiger partial charge in [-0.25, -0.2) is 9.37 Å². The van der Waals surface area contributed by atoms with E-state index < -0.39 is 0 Å². The molecule has 180 valence electrons. The van der Waals surface area contributed by atoms with E-state index in [1.54, 1.807) is 18.3 Å². The number of amides is 1. The standard InChI is InChI=1S/C26H38FN5O/c27-22-15-13-21(14-16-22)19-30-25(33)23-20-31-26-29-18-12-10-8-6-4-2-1-3-5-7-9-11-17-28-24(23)32-26/h13-16,20H,1-12,17-19H2,(H,30,33)(H2,28,29,31,32). The Balaban J connectivity index is 1.61. The molecule has 0 saturated heterocycles. The van der Waals surface area contributed by atoms with Crippen LogP contribution in [0.1, 0.15) is 93.0 Å². The van der Waals surface area contributed by atoms with E-state index in [1.807, 2.05) is 0 Å². The zero-order chi connectivity index (χ0) is 23.1. The highest BCUT2D eigenvalue weighted by Gasteiger charge is 2.15. The van der Waals surface area contributed by atoms with Crippen LogP contribution in [0.2, 0.25) is 0 Å². The van der Waals surface area contributed by atoms with Crippen molar-refractivity contribution in [2.75, 3.05) is 23.7 Å². The number of carbonyl (C=O) groups is 1. The van der Waals surface area contributed by atoms with Crippen LogP contribution in [0.3, 0.4) is 0 Å². The minimum Gasteiger partial charge on any atom is -0.369 e. The van der Waals surface area contributed by atoms with Gasteiger partial charge in [-0.1, -0.05) is 76.3 Å². The van der Waals surface area contributed by atoms with Crippen LogP contribution in [0.4, 0.5) is 16.2 Å². The summed E-state index contributed by atoms with van der Waals surface area (Å²) in [6.45, 7) is 1.92. The Labute approximate surface area is 197 Å². The minimum atomic E-state index is -0.291. The lowest BCUT2D eigenvalue weighted by Crippen LogP contribution is -2.25. The average molecular weight is 456 g/mol. The lowest BCUT2D eigenvalue weighted by Gasteiger charge is -2.13. The summed E-state index contributed by atoms with van der Waals surface area (Å²) in [6.07, 6.45) is 16.7. The number of benzene rings is 1. The smallest absolute Gasteiger partial charge is 0.256 e. The van der Waals surface area contributed by atoms with Crippen LogP contribution >= 0.6 is 0 Å². The normalized spacial score (nSPS) is 16.9. The number of hydrogen-bond donors (Lipinski definition) is 3. The second-order valence-electron chi connectivity index (χ2n) is 8.86. The van der Waals surface area contributed by atoms with Crippen LogP contribution in [-0.2, 0) is 6.54 Å². The first-order chi connectivity index (χ1) is 16.2. The van der Waals surface area contributed by atoms with Gasteiger partial charge in [0.25, 0.3) is 5.91 Å². The van der Waals surface area contributed by atoms with Crippen LogP contribution in [0, 0.1) is 5.82 Å². The first kappa shape index (κ1) is 24.9. The highest BCUT2D eigenvalue weighted by Crippen LogP contribution is 2.17. The minimum absolute atomic E-state index is 0.244. The van der Waals surface area contributed by atoms with Gasteiger partial charge < -0.3 is 16.0 Å². The number of carbonyl (C=O) groups excluding carboxylic acids is 1. The predicted octanol–water partition coefficient (Wildman–Crippen LogP) is 6.06. The largest absolute Gasteiger partial charge is 0.369 e. The van der Waals surface area contributed by atoms with E-state index in [2.05, 4.69) is 25.9 Å². The predicted molar refractivity (Wildman–Crippen MR) is 132 cm³/mol. The summed E-state index contributed by atoms with van der Waals surface area (Å²) in [5.41, 5.74) is 1.26. The van der Waals surface area contributed by atoms with Crippen molar-refractivity contribution >= 4 is 17.7 Å². The van der Waals surface area contributed by atoms with Gasteiger partial charge in [-0.15, -0.1) is 0 Å². The van der Waals surface area contributed by atoms with Crippen molar-refractivity contribution < 1.29 is 9.18 Å². The number of rotatable bonds is 3. The second kappa shape index (κ2) is 14.4. The molecule has 0 radical (unpaired) electrons. The van der Waals surface area contributed by atoms with Gasteiger partial charge in [0.05, 0.1) is 0 Å². The van der Waals surface area contributed by atoms with Gasteiger partial charge in [0.2, 0.25) is 5.95 Å². The molecule has 2 heterocycles. The molecule has 0 aliphatic carbocycles. The number of hydrogen-bond acceptors (Lipinski definition) is 5. The summed E-state index contributed by atoms with van der Waals surface area (Å²) in [5.74, 6) is 0.570. The highest BCUT2D eigenvalue weighted by atomic mass is 19.1. The third-order valence-corrected chi connectivity index (χ3v) is 6.08. The number of anilines is 2. The molecule has 3 N–H and O–H groups in total. The van der Waals surface area contributed by atoms with Crippen LogP contribution < -0.4 is 16.0 Å². The Morgan fingerprint density at radius 3 is 1.97 bits per heavy atom. The molecule has 0 fully saturated rings. The lowest BCUT2D eigenvalue weighted by atomic mass is 10.1. The monoisotopic (exact) mass is 455 g/mol. The zero-order valence-corrected chi connectivity index (χ0v) is 19.7. The molecule has 0 atom stereocenters. The molecule has 1 aromatic heterocycles. The Hall–Kier alpha value is -2.70. The quantitative estimate of drug-likeness (QED) is 0.524. The van der Waals surface area contributed by atoms with Gasteiger partial charge >= 0.3 is 0 Å². The molecule has 0 saturated carbocycles. The lowest BCUT2D eigenvalue weighted by molar-refractivity contribution is 0.0951. The van der Waals surface area contributed by atoms with E-state index in [9.17, 15) is 9.18 Å². The number of halogens is 1. The third kappa shape index (κ3) is 9.36. The highest BCUT2D eigenvalue weighted by molar-refractivity contribution is 5.98. The SMILES string of the molecule is O=C(NCc1ccc(F)cc1)c1cnc2nc1NCCCCCCCCCCCCCCN2. The molecular formula is C26H38FN5O. The number of aromatic nitrogens is 2. The molecule has 1 aromatic carbocycles. The molecule has 0 unspecified atom stereocenters. The van der Waals surface area contributed by atoms with E-state index >= 15 is 0 Å². The Morgan fingerprint density at radius 2 is 1.36 bits per heavy atom. The zero-order valence-electron chi connectivity index (χ0n) is 19.7. The molecule has 7 heteroatoms. The summed E-state index contributed by atoms with van der Waals surface area (Å²) < 4.78 is 13.1. The van der Waals surface area contributed by atoms with Gasteiger partial charge in [0.15, 0.2) is 0 Å². The average Bonchev–Trinajstić information content (AvgIpc) is 2.83. The van der Waals surface area contributed by atoms with E-state index in [0.29, 0.717) is 23.9 Å². The first-order valence-electron chi connectivity index (χ1n) is 12.6. The summed E-state index contributed by atoms with van der Waals surface area (Å²) in [4.78, 5) is 21.8. The van der Waals surface area contributed by atoms with E-state index in [-0.39, 0.29) is 11.7 Å². The maximum atomic E-state index is 13.1. The van der Waals surface area contributed by atoms with E-state index in [0.717, 1.165) is 31.5 Å². The fourth-order valence-electron chi connectivity index (χ4n) is 4.07. The molecule has 3 rings (SSSR count). The fraction of sp³-hybridized carbons (Fsp3) is 0.577. The Bertz CT molecular complexity index is 843. The van der Waals surface area contributed by atoms with Gasteiger partial charge in [-0.3, -0.25) is 4.79 Å². The molecule has 1 aliphatic rings. The number of nitrogens with one attached hydrogen (secondary N) is 3. The van der Waals surface area contributed by atoms with Crippen molar-refractivity contribution in [2.45, 2.75) is 83.6 Å². The summed E-state index contributed by atoms with van der Waals surface area (Å²) in [7, 11) is 0. The van der Waals surface area contributed by atoms with E-state index in [4.69, 9.17) is 0 Å². The van der Waals surface area contributed by atoms with Crippen LogP contribution in [0.5, 0.6) is 0 Å². The Kier molecular flexibility index (Phi) is 10.9. The van der Waals surface area contributed by atoms with Gasteiger partial charge in [0.1, 0.15) is 17.2 Å². The van der Waals surface area contributed by atoms with E-state index in [1.165, 1.54) is 76.3 Å². The Morgan fingerprint density at radius 1 is 0.818 bits per heavy atom. The molecule has 1 aliphatic heterocycles. The van der Waals surface area contributed by atoms with Crippen molar-refractivity contribution in [3.8, 4) is 0 Å². The summed E-state index contributed by atoms with van der Waals surface area (Å²) in [6, 6.07) is 6.11.